The number of carbonyl (C=O) groups is 1. The SMILES string of the molecule is COc1ccc(C)cc1NC(=O)/C=C/c1ccc(Cl)cc1Cl. The molecule has 3 nitrogen and oxygen atoms in total. The van der Waals surface area contributed by atoms with Crippen LogP contribution in [0.2, 0.25) is 10.0 Å². The van der Waals surface area contributed by atoms with Crippen LogP contribution in [0, 0.1) is 6.92 Å². The smallest absolute Gasteiger partial charge is 0.248 e. The van der Waals surface area contributed by atoms with Crippen LogP contribution in [-0.4, -0.2) is 13.0 Å². The fourth-order valence-electron chi connectivity index (χ4n) is 1.90. The number of carbonyl (C=O) groups excluding carboxylic acids is 1. The molecule has 2 rings (SSSR count). The highest BCUT2D eigenvalue weighted by molar-refractivity contribution is 6.35. The molecule has 0 aromatic heterocycles. The Kier molecular flexibility index (Phi) is 5.47. The molecule has 5 heteroatoms. The fourth-order valence-corrected chi connectivity index (χ4v) is 2.37. The minimum absolute atomic E-state index is 0.269. The Morgan fingerprint density at radius 3 is 2.64 bits per heavy atom. The summed E-state index contributed by atoms with van der Waals surface area (Å²) < 4.78 is 5.22. The van der Waals surface area contributed by atoms with Crippen molar-refractivity contribution < 1.29 is 9.53 Å². The van der Waals surface area contributed by atoms with Gasteiger partial charge in [0.2, 0.25) is 5.91 Å². The molecule has 114 valence electrons. The molecule has 0 bridgehead atoms. The normalized spacial score (nSPS) is 10.7. The van der Waals surface area contributed by atoms with Crippen molar-refractivity contribution in [3.63, 3.8) is 0 Å². The lowest BCUT2D eigenvalue weighted by atomic mass is 10.2. The van der Waals surface area contributed by atoms with Crippen molar-refractivity contribution in [3.8, 4) is 5.75 Å². The zero-order chi connectivity index (χ0) is 16.1. The Morgan fingerprint density at radius 1 is 1.18 bits per heavy atom. The second-order valence-corrected chi connectivity index (χ2v) is 5.54. The van der Waals surface area contributed by atoms with Gasteiger partial charge in [0.05, 0.1) is 12.8 Å². The maximum Gasteiger partial charge on any atom is 0.248 e. The van der Waals surface area contributed by atoms with Crippen molar-refractivity contribution in [2.75, 3.05) is 12.4 Å². The second kappa shape index (κ2) is 7.34. The second-order valence-electron chi connectivity index (χ2n) is 4.69. The lowest BCUT2D eigenvalue weighted by molar-refractivity contribution is -0.111. The van der Waals surface area contributed by atoms with Crippen LogP contribution in [0.25, 0.3) is 6.08 Å². The average Bonchev–Trinajstić information content (AvgIpc) is 2.46. The number of aryl methyl sites for hydroxylation is 1. The predicted octanol–water partition coefficient (Wildman–Crippen LogP) is 4.96. The number of halogens is 2. The largest absolute Gasteiger partial charge is 0.495 e. The van der Waals surface area contributed by atoms with Crippen molar-refractivity contribution in [1.29, 1.82) is 0 Å². The third-order valence-corrected chi connectivity index (χ3v) is 3.55. The molecule has 0 saturated carbocycles. The topological polar surface area (TPSA) is 38.3 Å². The molecule has 0 aliphatic carbocycles. The Morgan fingerprint density at radius 2 is 1.95 bits per heavy atom. The van der Waals surface area contributed by atoms with Crippen LogP contribution < -0.4 is 10.1 Å². The summed E-state index contributed by atoms with van der Waals surface area (Å²) in [5, 5.41) is 3.83. The van der Waals surface area contributed by atoms with E-state index in [1.807, 2.05) is 25.1 Å². The number of rotatable bonds is 4. The van der Waals surface area contributed by atoms with Gasteiger partial charge in [0, 0.05) is 16.1 Å². The van der Waals surface area contributed by atoms with Crippen molar-refractivity contribution in [2.45, 2.75) is 6.92 Å². The molecule has 0 aliphatic rings. The quantitative estimate of drug-likeness (QED) is 0.801. The van der Waals surface area contributed by atoms with Gasteiger partial charge in [0.15, 0.2) is 0 Å². The molecule has 0 saturated heterocycles. The summed E-state index contributed by atoms with van der Waals surface area (Å²) in [5.41, 5.74) is 2.37. The number of nitrogens with one attached hydrogen (secondary N) is 1. The Labute approximate surface area is 139 Å². The van der Waals surface area contributed by atoms with Gasteiger partial charge in [-0.1, -0.05) is 35.3 Å². The number of amides is 1. The van der Waals surface area contributed by atoms with Gasteiger partial charge in [0.25, 0.3) is 0 Å². The highest BCUT2D eigenvalue weighted by Gasteiger charge is 2.06. The van der Waals surface area contributed by atoms with E-state index in [2.05, 4.69) is 5.32 Å². The van der Waals surface area contributed by atoms with E-state index in [4.69, 9.17) is 27.9 Å². The number of benzene rings is 2. The van der Waals surface area contributed by atoms with Gasteiger partial charge >= 0.3 is 0 Å². The van der Waals surface area contributed by atoms with Crippen molar-refractivity contribution in [1.82, 2.24) is 0 Å². The van der Waals surface area contributed by atoms with Crippen molar-refractivity contribution >= 4 is 40.9 Å². The van der Waals surface area contributed by atoms with E-state index in [0.717, 1.165) is 11.1 Å². The standard InChI is InChI=1S/C17H15Cl2NO2/c1-11-3-7-16(22-2)15(9-11)20-17(21)8-5-12-4-6-13(18)10-14(12)19/h3-10H,1-2H3,(H,20,21)/b8-5+. The van der Waals surface area contributed by atoms with Crippen LogP contribution in [0.3, 0.4) is 0 Å². The van der Waals surface area contributed by atoms with Crippen molar-refractivity contribution in [3.05, 3.63) is 63.6 Å². The average molecular weight is 336 g/mol. The Hall–Kier alpha value is -1.97. The first kappa shape index (κ1) is 16.4. The van der Waals surface area contributed by atoms with Crippen LogP contribution >= 0.6 is 23.2 Å². The molecule has 0 atom stereocenters. The summed E-state index contributed by atoms with van der Waals surface area (Å²) in [7, 11) is 1.56. The minimum Gasteiger partial charge on any atom is -0.495 e. The first-order valence-corrected chi connectivity index (χ1v) is 7.34. The first-order chi connectivity index (χ1) is 10.5. The van der Waals surface area contributed by atoms with Gasteiger partial charge in [-0.05, 0) is 48.4 Å². The maximum atomic E-state index is 12.0. The number of methoxy groups -OCH3 is 1. The summed E-state index contributed by atoms with van der Waals surface area (Å²) in [4.78, 5) is 12.0. The number of anilines is 1. The Balaban J connectivity index is 2.13. The molecular formula is C17H15Cl2NO2. The number of ether oxygens (including phenoxy) is 1. The summed E-state index contributed by atoms with van der Waals surface area (Å²) in [6.45, 7) is 1.94. The van der Waals surface area contributed by atoms with E-state index >= 15 is 0 Å². The van der Waals surface area contributed by atoms with E-state index in [1.165, 1.54) is 6.08 Å². The zero-order valence-electron chi connectivity index (χ0n) is 12.2. The maximum absolute atomic E-state index is 12.0. The van der Waals surface area contributed by atoms with Crippen LogP contribution in [0.15, 0.2) is 42.5 Å². The highest BCUT2D eigenvalue weighted by atomic mass is 35.5. The lowest BCUT2D eigenvalue weighted by Gasteiger charge is -2.09. The van der Waals surface area contributed by atoms with Gasteiger partial charge in [-0.15, -0.1) is 0 Å². The van der Waals surface area contributed by atoms with Crippen LogP contribution in [0.4, 0.5) is 5.69 Å². The molecule has 1 amide bonds. The molecule has 22 heavy (non-hydrogen) atoms. The summed E-state index contributed by atoms with van der Waals surface area (Å²) in [5.74, 6) is 0.340. The van der Waals surface area contributed by atoms with Crippen molar-refractivity contribution in [2.24, 2.45) is 0 Å². The van der Waals surface area contributed by atoms with Gasteiger partial charge in [0.1, 0.15) is 5.75 Å². The molecule has 0 fully saturated rings. The van der Waals surface area contributed by atoms with Gasteiger partial charge in [-0.25, -0.2) is 0 Å². The predicted molar refractivity (Wildman–Crippen MR) is 91.9 cm³/mol. The minimum atomic E-state index is -0.269. The molecule has 0 unspecified atom stereocenters. The third kappa shape index (κ3) is 4.26. The third-order valence-electron chi connectivity index (χ3n) is 2.99. The molecule has 2 aromatic rings. The van der Waals surface area contributed by atoms with Crippen LogP contribution in [0.1, 0.15) is 11.1 Å². The van der Waals surface area contributed by atoms with Crippen LogP contribution in [0.5, 0.6) is 5.75 Å². The van der Waals surface area contributed by atoms with Gasteiger partial charge in [-0.2, -0.15) is 0 Å². The zero-order valence-corrected chi connectivity index (χ0v) is 13.7. The Bertz CT molecular complexity index is 727. The molecule has 0 heterocycles. The summed E-state index contributed by atoms with van der Waals surface area (Å²) in [6.07, 6.45) is 3.05. The molecule has 0 aliphatic heterocycles. The van der Waals surface area contributed by atoms with Crippen LogP contribution in [-0.2, 0) is 4.79 Å². The molecular weight excluding hydrogens is 321 g/mol. The van der Waals surface area contributed by atoms with Gasteiger partial charge < -0.3 is 10.1 Å². The highest BCUT2D eigenvalue weighted by Crippen LogP contribution is 2.25. The monoisotopic (exact) mass is 335 g/mol. The van der Waals surface area contributed by atoms with E-state index in [-0.39, 0.29) is 5.91 Å². The number of hydrogen-bond acceptors (Lipinski definition) is 2. The van der Waals surface area contributed by atoms with E-state index in [1.54, 1.807) is 31.4 Å². The molecule has 0 radical (unpaired) electrons. The van der Waals surface area contributed by atoms with E-state index in [0.29, 0.717) is 21.5 Å². The number of hydrogen-bond donors (Lipinski definition) is 1. The summed E-state index contributed by atoms with van der Waals surface area (Å²) >= 11 is 11.9. The van der Waals surface area contributed by atoms with E-state index < -0.39 is 0 Å². The first-order valence-electron chi connectivity index (χ1n) is 6.58. The molecule has 1 N–H and O–H groups in total. The molecule has 0 spiro atoms. The molecule has 2 aromatic carbocycles. The summed E-state index contributed by atoms with van der Waals surface area (Å²) in [6, 6.07) is 10.7. The van der Waals surface area contributed by atoms with Gasteiger partial charge in [-0.3, -0.25) is 4.79 Å². The lowest BCUT2D eigenvalue weighted by Crippen LogP contribution is -2.09. The fraction of sp³-hybridized carbons (Fsp3) is 0.118. The van der Waals surface area contributed by atoms with E-state index in [9.17, 15) is 4.79 Å².